The van der Waals surface area contributed by atoms with Crippen molar-refractivity contribution in [2.75, 3.05) is 0 Å². The summed E-state index contributed by atoms with van der Waals surface area (Å²) < 4.78 is 1.03. The first-order valence-electron chi connectivity index (χ1n) is 5.62. The maximum Gasteiger partial charge on any atom is 0.270 e. The summed E-state index contributed by atoms with van der Waals surface area (Å²) in [5.41, 5.74) is 2.60. The Kier molecular flexibility index (Phi) is 1.85. The van der Waals surface area contributed by atoms with Gasteiger partial charge in [-0.1, -0.05) is 18.2 Å². The Morgan fingerprint density at radius 1 is 1.11 bits per heavy atom. The molecule has 0 bridgehead atoms. The van der Waals surface area contributed by atoms with Crippen LogP contribution in [0.25, 0.3) is 32.0 Å². The second-order valence-corrected chi connectivity index (χ2v) is 5.10. The standard InChI is InChI=1S/C14H8N2OS/c17-12-7-9-8-3-1-2-4-10(8)16-13(9)14-11(15-12)5-6-18-14/h1-7,16H. The summed E-state index contributed by atoms with van der Waals surface area (Å²) in [4.78, 5) is 19.3. The first-order chi connectivity index (χ1) is 8.83. The summed E-state index contributed by atoms with van der Waals surface area (Å²) in [6.45, 7) is 0. The van der Waals surface area contributed by atoms with Gasteiger partial charge < -0.3 is 4.98 Å². The molecule has 3 heterocycles. The van der Waals surface area contributed by atoms with Gasteiger partial charge in [0.15, 0.2) is 0 Å². The van der Waals surface area contributed by atoms with Crippen molar-refractivity contribution in [2.24, 2.45) is 0 Å². The maximum absolute atomic E-state index is 11.8. The summed E-state index contributed by atoms with van der Waals surface area (Å²) in [7, 11) is 0. The molecule has 0 saturated heterocycles. The molecular formula is C14H8N2OS. The molecule has 1 aromatic carbocycles. The number of nitrogens with one attached hydrogen (secondary N) is 1. The molecule has 1 N–H and O–H groups in total. The van der Waals surface area contributed by atoms with Crippen molar-refractivity contribution >= 4 is 43.4 Å². The third-order valence-electron chi connectivity index (χ3n) is 3.12. The lowest BCUT2D eigenvalue weighted by Gasteiger charge is -1.85. The highest BCUT2D eigenvalue weighted by Gasteiger charge is 2.08. The van der Waals surface area contributed by atoms with Crippen LogP contribution in [0, 0.1) is 0 Å². The summed E-state index contributed by atoms with van der Waals surface area (Å²) in [5, 5.41) is 3.97. The van der Waals surface area contributed by atoms with Crippen molar-refractivity contribution in [3.8, 4) is 0 Å². The minimum Gasteiger partial charge on any atom is -0.353 e. The van der Waals surface area contributed by atoms with E-state index in [0.29, 0.717) is 0 Å². The van der Waals surface area contributed by atoms with Crippen molar-refractivity contribution < 1.29 is 0 Å². The third-order valence-corrected chi connectivity index (χ3v) is 4.04. The van der Waals surface area contributed by atoms with Crippen LogP contribution in [0.3, 0.4) is 0 Å². The molecule has 4 rings (SSSR count). The van der Waals surface area contributed by atoms with Crippen LogP contribution < -0.4 is 5.56 Å². The Hall–Kier alpha value is -2.20. The second-order valence-electron chi connectivity index (χ2n) is 4.19. The van der Waals surface area contributed by atoms with Crippen molar-refractivity contribution in [1.82, 2.24) is 9.97 Å². The van der Waals surface area contributed by atoms with Crippen molar-refractivity contribution in [2.45, 2.75) is 0 Å². The van der Waals surface area contributed by atoms with Crippen LogP contribution in [0.2, 0.25) is 0 Å². The maximum atomic E-state index is 11.8. The lowest BCUT2D eigenvalue weighted by Crippen LogP contribution is -1.97. The highest BCUT2D eigenvalue weighted by atomic mass is 32.1. The molecular weight excluding hydrogens is 244 g/mol. The molecule has 0 radical (unpaired) electrons. The van der Waals surface area contributed by atoms with Gasteiger partial charge in [0, 0.05) is 22.4 Å². The molecule has 0 unspecified atom stereocenters. The van der Waals surface area contributed by atoms with Crippen LogP contribution in [0.5, 0.6) is 0 Å². The second kappa shape index (κ2) is 3.40. The van der Waals surface area contributed by atoms with Gasteiger partial charge in [0.25, 0.3) is 5.56 Å². The van der Waals surface area contributed by atoms with Gasteiger partial charge in [-0.05, 0) is 17.5 Å². The van der Waals surface area contributed by atoms with Crippen molar-refractivity contribution in [1.29, 1.82) is 0 Å². The molecule has 0 saturated carbocycles. The molecule has 3 aromatic heterocycles. The lowest BCUT2D eigenvalue weighted by molar-refractivity contribution is 1.34. The minimum atomic E-state index is -0.196. The molecule has 0 aliphatic heterocycles. The summed E-state index contributed by atoms with van der Waals surface area (Å²) in [6, 6.07) is 11.5. The SMILES string of the molecule is O=c1cc2c3ccccc3[nH]c2c2sccc2n1. The number of hydrogen-bond acceptors (Lipinski definition) is 3. The summed E-state index contributed by atoms with van der Waals surface area (Å²) >= 11 is 1.60. The van der Waals surface area contributed by atoms with Gasteiger partial charge in [0.1, 0.15) is 0 Å². The van der Waals surface area contributed by atoms with Gasteiger partial charge in [-0.25, -0.2) is 4.98 Å². The van der Waals surface area contributed by atoms with Crippen LogP contribution in [0.1, 0.15) is 0 Å². The Morgan fingerprint density at radius 3 is 2.94 bits per heavy atom. The third kappa shape index (κ3) is 1.23. The number of hydrogen-bond donors (Lipinski definition) is 1. The number of benzene rings is 1. The number of H-pyrrole nitrogens is 1. The predicted molar refractivity (Wildman–Crippen MR) is 75.3 cm³/mol. The van der Waals surface area contributed by atoms with Crippen molar-refractivity contribution in [3.05, 3.63) is 52.1 Å². The predicted octanol–water partition coefficient (Wildman–Crippen LogP) is 3.29. The molecule has 18 heavy (non-hydrogen) atoms. The molecule has 0 aliphatic rings. The Labute approximate surface area is 106 Å². The Bertz CT molecular complexity index is 952. The van der Waals surface area contributed by atoms with E-state index in [-0.39, 0.29) is 5.56 Å². The molecule has 4 heteroatoms. The van der Waals surface area contributed by atoms with E-state index < -0.39 is 0 Å². The molecule has 0 amide bonds. The number of para-hydroxylation sites is 1. The first kappa shape index (κ1) is 9.79. The Balaban J connectivity index is 2.44. The number of aromatic nitrogens is 2. The monoisotopic (exact) mass is 252 g/mol. The summed E-state index contributed by atoms with van der Waals surface area (Å²) in [5.74, 6) is 0. The smallest absolute Gasteiger partial charge is 0.270 e. The highest BCUT2D eigenvalue weighted by Crippen LogP contribution is 2.30. The average Bonchev–Trinajstić information content (AvgIpc) is 2.92. The zero-order valence-corrected chi connectivity index (χ0v) is 10.1. The van der Waals surface area contributed by atoms with E-state index in [1.807, 2.05) is 35.7 Å². The van der Waals surface area contributed by atoms with E-state index in [0.717, 1.165) is 32.0 Å². The van der Waals surface area contributed by atoms with Crippen LogP contribution in [0.15, 0.2) is 46.6 Å². The normalized spacial score (nSPS) is 11.6. The fraction of sp³-hybridized carbons (Fsp3) is 0. The summed E-state index contributed by atoms with van der Waals surface area (Å²) in [6.07, 6.45) is 0. The number of aromatic amines is 1. The van der Waals surface area contributed by atoms with Gasteiger partial charge in [-0.2, -0.15) is 0 Å². The molecule has 86 valence electrons. The lowest BCUT2D eigenvalue weighted by atomic mass is 10.2. The molecule has 0 aliphatic carbocycles. The van der Waals surface area contributed by atoms with Crippen LogP contribution in [-0.2, 0) is 0 Å². The topological polar surface area (TPSA) is 45.8 Å². The molecule has 4 aromatic rings. The van der Waals surface area contributed by atoms with E-state index in [1.165, 1.54) is 0 Å². The van der Waals surface area contributed by atoms with E-state index in [4.69, 9.17) is 0 Å². The van der Waals surface area contributed by atoms with Gasteiger partial charge in [-0.15, -0.1) is 11.3 Å². The van der Waals surface area contributed by atoms with E-state index in [2.05, 4.69) is 9.97 Å². The van der Waals surface area contributed by atoms with E-state index >= 15 is 0 Å². The van der Waals surface area contributed by atoms with Gasteiger partial charge >= 0.3 is 0 Å². The molecule has 3 nitrogen and oxygen atoms in total. The quantitative estimate of drug-likeness (QED) is 0.522. The zero-order chi connectivity index (χ0) is 12.1. The zero-order valence-electron chi connectivity index (χ0n) is 9.31. The number of thiophene rings is 1. The van der Waals surface area contributed by atoms with Crippen LogP contribution in [0.4, 0.5) is 0 Å². The van der Waals surface area contributed by atoms with Crippen LogP contribution in [-0.4, -0.2) is 9.97 Å². The van der Waals surface area contributed by atoms with Gasteiger partial charge in [0.2, 0.25) is 0 Å². The fourth-order valence-corrected chi connectivity index (χ4v) is 3.19. The molecule has 0 atom stereocenters. The number of fused-ring (bicyclic) bond motifs is 5. The number of rotatable bonds is 0. The van der Waals surface area contributed by atoms with Gasteiger partial charge in [0.05, 0.1) is 15.7 Å². The van der Waals surface area contributed by atoms with Crippen molar-refractivity contribution in [3.63, 3.8) is 0 Å². The highest BCUT2D eigenvalue weighted by molar-refractivity contribution is 7.18. The largest absolute Gasteiger partial charge is 0.353 e. The minimum absolute atomic E-state index is 0.196. The molecule has 0 fully saturated rings. The Morgan fingerprint density at radius 2 is 2.00 bits per heavy atom. The molecule has 0 spiro atoms. The average molecular weight is 252 g/mol. The van der Waals surface area contributed by atoms with E-state index in [9.17, 15) is 4.79 Å². The first-order valence-corrected chi connectivity index (χ1v) is 6.50. The fourth-order valence-electron chi connectivity index (χ4n) is 2.34. The number of nitrogens with zero attached hydrogens (tertiary/aromatic N) is 1. The van der Waals surface area contributed by atoms with Crippen LogP contribution >= 0.6 is 11.3 Å². The van der Waals surface area contributed by atoms with Gasteiger partial charge in [-0.3, -0.25) is 4.79 Å². The van der Waals surface area contributed by atoms with E-state index in [1.54, 1.807) is 17.4 Å².